The summed E-state index contributed by atoms with van der Waals surface area (Å²) in [5.41, 5.74) is 1.38. The lowest BCUT2D eigenvalue weighted by Crippen LogP contribution is -2.08. The monoisotopic (exact) mass is 348 g/mol. The van der Waals surface area contributed by atoms with Crippen LogP contribution in [0.1, 0.15) is 37.2 Å². The third-order valence-corrected chi connectivity index (χ3v) is 3.90. The van der Waals surface area contributed by atoms with Gasteiger partial charge >= 0.3 is 0 Å². The molecule has 4 heteroatoms. The average Bonchev–Trinajstić information content (AvgIpc) is 2.65. The van der Waals surface area contributed by atoms with Crippen LogP contribution >= 0.6 is 0 Å². The lowest BCUT2D eigenvalue weighted by atomic mass is 9.91. The molecular weight excluding hydrogens is 316 g/mol. The van der Waals surface area contributed by atoms with Crippen molar-refractivity contribution < 1.29 is 18.9 Å². The van der Waals surface area contributed by atoms with Crippen molar-refractivity contribution in [3.8, 4) is 0 Å². The summed E-state index contributed by atoms with van der Waals surface area (Å²) in [6.07, 6.45) is 7.25. The van der Waals surface area contributed by atoms with Gasteiger partial charge in [0.2, 0.25) is 0 Å². The number of unbranched alkanes of at least 4 members (excludes halogenated alkanes) is 1. The summed E-state index contributed by atoms with van der Waals surface area (Å²) in [7, 11) is 0. The van der Waals surface area contributed by atoms with E-state index in [-0.39, 0.29) is 0 Å². The van der Waals surface area contributed by atoms with Gasteiger partial charge in [-0.15, -0.1) is 0 Å². The Kier molecular flexibility index (Phi) is 13.4. The van der Waals surface area contributed by atoms with Gasteiger partial charge in [0.25, 0.3) is 0 Å². The highest BCUT2D eigenvalue weighted by Crippen LogP contribution is 2.25. The van der Waals surface area contributed by atoms with E-state index < -0.39 is 0 Å². The van der Waals surface area contributed by atoms with Crippen molar-refractivity contribution in [2.24, 2.45) is 0 Å². The fourth-order valence-electron chi connectivity index (χ4n) is 2.61. The van der Waals surface area contributed by atoms with Crippen molar-refractivity contribution in [1.29, 1.82) is 0 Å². The van der Waals surface area contributed by atoms with E-state index in [9.17, 15) is 0 Å². The minimum atomic E-state index is 0.519. The molecule has 0 aliphatic carbocycles. The molecule has 0 saturated heterocycles. The van der Waals surface area contributed by atoms with E-state index in [4.69, 9.17) is 18.9 Å². The first-order valence-corrected chi connectivity index (χ1v) is 9.04. The Morgan fingerprint density at radius 3 is 2.00 bits per heavy atom. The van der Waals surface area contributed by atoms with Crippen LogP contribution in [-0.2, 0) is 18.9 Å². The van der Waals surface area contributed by atoms with Gasteiger partial charge in [-0.05, 0) is 30.7 Å². The first-order valence-electron chi connectivity index (χ1n) is 9.04. The lowest BCUT2D eigenvalue weighted by molar-refractivity contribution is 0.0777. The summed E-state index contributed by atoms with van der Waals surface area (Å²) < 4.78 is 21.3. The van der Waals surface area contributed by atoms with Crippen LogP contribution < -0.4 is 0 Å². The Balaban J connectivity index is 2.22. The van der Waals surface area contributed by atoms with Crippen LogP contribution in [0.25, 0.3) is 0 Å². The zero-order valence-electron chi connectivity index (χ0n) is 15.2. The number of ether oxygens (including phenoxy) is 4. The lowest BCUT2D eigenvalue weighted by Gasteiger charge is -2.17. The number of hydrogen-bond acceptors (Lipinski definition) is 4. The Morgan fingerprint density at radius 2 is 1.36 bits per heavy atom. The zero-order chi connectivity index (χ0) is 18.0. The van der Waals surface area contributed by atoms with Crippen LogP contribution in [0.5, 0.6) is 0 Å². The molecule has 0 amide bonds. The largest absolute Gasteiger partial charge is 0.499 e. The summed E-state index contributed by atoms with van der Waals surface area (Å²) in [5.74, 6) is 0.519. The van der Waals surface area contributed by atoms with Crippen molar-refractivity contribution in [3.63, 3.8) is 0 Å². The van der Waals surface area contributed by atoms with E-state index in [2.05, 4.69) is 43.5 Å². The van der Waals surface area contributed by atoms with Gasteiger partial charge in [0.05, 0.1) is 25.7 Å². The molecule has 140 valence electrons. The normalized spacial score (nSPS) is 11.7. The average molecular weight is 348 g/mol. The molecule has 0 aromatic heterocycles. The Hall–Kier alpha value is -1.78. The molecule has 25 heavy (non-hydrogen) atoms. The second-order valence-corrected chi connectivity index (χ2v) is 5.69. The number of benzene rings is 1. The quantitative estimate of drug-likeness (QED) is 0.302. The predicted octanol–water partition coefficient (Wildman–Crippen LogP) is 4.68. The summed E-state index contributed by atoms with van der Waals surface area (Å²) >= 11 is 0. The number of rotatable bonds is 17. The summed E-state index contributed by atoms with van der Waals surface area (Å²) in [4.78, 5) is 0. The smallest absolute Gasteiger partial charge is 0.111 e. The molecule has 0 fully saturated rings. The maximum absolute atomic E-state index is 5.65. The number of hydrogen-bond donors (Lipinski definition) is 0. The molecule has 1 unspecified atom stereocenters. The van der Waals surface area contributed by atoms with E-state index >= 15 is 0 Å². The fraction of sp³-hybridized carbons (Fsp3) is 0.524. The SMILES string of the molecule is C=COCCOCCCCC(CCOCCOC=C)c1ccccc1. The molecule has 0 saturated carbocycles. The summed E-state index contributed by atoms with van der Waals surface area (Å²) in [5, 5.41) is 0. The van der Waals surface area contributed by atoms with Crippen LogP contribution in [0.4, 0.5) is 0 Å². The molecule has 1 atom stereocenters. The molecule has 0 N–H and O–H groups in total. The van der Waals surface area contributed by atoms with Gasteiger partial charge < -0.3 is 18.9 Å². The third-order valence-electron chi connectivity index (χ3n) is 3.90. The molecule has 0 spiro atoms. The minimum absolute atomic E-state index is 0.519. The van der Waals surface area contributed by atoms with Crippen LogP contribution in [0.2, 0.25) is 0 Å². The van der Waals surface area contributed by atoms with Crippen LogP contribution in [-0.4, -0.2) is 39.6 Å². The highest BCUT2D eigenvalue weighted by atomic mass is 16.5. The first-order chi connectivity index (χ1) is 12.4. The summed E-state index contributed by atoms with van der Waals surface area (Å²) in [6, 6.07) is 10.7. The van der Waals surface area contributed by atoms with E-state index in [1.54, 1.807) is 0 Å². The van der Waals surface area contributed by atoms with Gasteiger partial charge in [-0.1, -0.05) is 49.9 Å². The maximum atomic E-state index is 5.65. The molecule has 0 aliphatic heterocycles. The molecule has 0 bridgehead atoms. The van der Waals surface area contributed by atoms with E-state index in [0.29, 0.717) is 32.3 Å². The molecule has 1 rings (SSSR count). The van der Waals surface area contributed by atoms with Gasteiger partial charge in [0.1, 0.15) is 13.2 Å². The molecule has 4 nitrogen and oxygen atoms in total. The van der Waals surface area contributed by atoms with Crippen LogP contribution in [0.3, 0.4) is 0 Å². The van der Waals surface area contributed by atoms with Crippen molar-refractivity contribution in [1.82, 2.24) is 0 Å². The minimum Gasteiger partial charge on any atom is -0.499 e. The molecular formula is C21H32O4. The van der Waals surface area contributed by atoms with Crippen molar-refractivity contribution in [3.05, 3.63) is 61.6 Å². The highest BCUT2D eigenvalue weighted by molar-refractivity contribution is 5.19. The Labute approximate surface area is 152 Å². The molecule has 0 aliphatic rings. The van der Waals surface area contributed by atoms with E-state index in [0.717, 1.165) is 38.9 Å². The van der Waals surface area contributed by atoms with Gasteiger partial charge in [0.15, 0.2) is 0 Å². The standard InChI is InChI=1S/C21H32O4/c1-3-22-16-18-24-14-9-8-12-21(20-10-6-5-7-11-20)13-15-25-19-17-23-4-2/h3-7,10-11,21H,1-2,8-9,12-19H2. The Bertz CT molecular complexity index is 433. The van der Waals surface area contributed by atoms with Gasteiger partial charge in [-0.2, -0.15) is 0 Å². The maximum Gasteiger partial charge on any atom is 0.111 e. The van der Waals surface area contributed by atoms with E-state index in [1.807, 2.05) is 0 Å². The van der Waals surface area contributed by atoms with Crippen LogP contribution in [0.15, 0.2) is 56.0 Å². The van der Waals surface area contributed by atoms with Gasteiger partial charge in [0, 0.05) is 13.2 Å². The zero-order valence-corrected chi connectivity index (χ0v) is 15.2. The topological polar surface area (TPSA) is 36.9 Å². The van der Waals surface area contributed by atoms with Gasteiger partial charge in [-0.25, -0.2) is 0 Å². The van der Waals surface area contributed by atoms with Gasteiger partial charge in [-0.3, -0.25) is 0 Å². The fourth-order valence-corrected chi connectivity index (χ4v) is 2.61. The van der Waals surface area contributed by atoms with Crippen molar-refractivity contribution in [2.75, 3.05) is 39.6 Å². The molecule has 0 heterocycles. The third kappa shape index (κ3) is 11.4. The Morgan fingerprint density at radius 1 is 0.720 bits per heavy atom. The van der Waals surface area contributed by atoms with Crippen LogP contribution in [0, 0.1) is 0 Å². The van der Waals surface area contributed by atoms with E-state index in [1.165, 1.54) is 18.1 Å². The van der Waals surface area contributed by atoms with Crippen molar-refractivity contribution >= 4 is 0 Å². The second kappa shape index (κ2) is 15.7. The predicted molar refractivity (Wildman–Crippen MR) is 102 cm³/mol. The molecule has 1 aromatic carbocycles. The highest BCUT2D eigenvalue weighted by Gasteiger charge is 2.11. The molecule has 1 aromatic rings. The first kappa shape index (κ1) is 21.3. The van der Waals surface area contributed by atoms with Crippen molar-refractivity contribution in [2.45, 2.75) is 31.6 Å². The summed E-state index contributed by atoms with van der Waals surface area (Å²) in [6.45, 7) is 10.9. The second-order valence-electron chi connectivity index (χ2n) is 5.69. The molecule has 0 radical (unpaired) electrons.